The number of halogens is 1. The van der Waals surface area contributed by atoms with E-state index in [1.165, 1.54) is 56.0 Å². The molecule has 1 saturated heterocycles. The minimum Gasteiger partial charge on any atom is -0.385 e. The summed E-state index contributed by atoms with van der Waals surface area (Å²) < 4.78 is 5.11. The van der Waals surface area contributed by atoms with Gasteiger partial charge in [-0.3, -0.25) is 9.52 Å². The molecule has 0 atom stereocenters. The molecule has 13 heteroatoms. The molecule has 4 heterocycles. The number of nitrogens with zero attached hydrogens (tertiary/aromatic N) is 3. The zero-order valence-electron chi connectivity index (χ0n) is 21.0. The number of rotatable bonds is 9. The second kappa shape index (κ2) is 12.7. The number of nitrogens with one attached hydrogen (secondary N) is 4. The van der Waals surface area contributed by atoms with Gasteiger partial charge in [0.05, 0.1) is 31.3 Å². The van der Waals surface area contributed by atoms with Gasteiger partial charge in [0, 0.05) is 12.2 Å². The second-order valence-corrected chi connectivity index (χ2v) is 12.0. The van der Waals surface area contributed by atoms with Gasteiger partial charge in [-0.2, -0.15) is 0 Å². The van der Waals surface area contributed by atoms with Crippen molar-refractivity contribution in [1.82, 2.24) is 24.2 Å². The fourth-order valence-corrected chi connectivity index (χ4v) is 6.31. The number of carbonyl (C=O) groups excluding carboxylic acids is 1. The maximum Gasteiger partial charge on any atom is 0.334 e. The molecule has 0 saturated carbocycles. The molecule has 1 aliphatic rings. The van der Waals surface area contributed by atoms with Crippen molar-refractivity contribution in [3.05, 3.63) is 73.8 Å². The molecule has 1 fully saturated rings. The summed E-state index contributed by atoms with van der Waals surface area (Å²) in [4.78, 5) is 47.7. The number of amides is 2. The fraction of sp³-hybridized carbons (Fsp3) is 0.308. The molecule has 204 valence electrons. The van der Waals surface area contributed by atoms with Gasteiger partial charge in [0.25, 0.3) is 5.56 Å². The second-order valence-electron chi connectivity index (χ2n) is 9.14. The van der Waals surface area contributed by atoms with Gasteiger partial charge in [-0.25, -0.2) is 19.1 Å². The quantitative estimate of drug-likeness (QED) is 0.163. The number of fused-ring (bicyclic) bond motifs is 1. The van der Waals surface area contributed by atoms with E-state index in [2.05, 4.69) is 30.2 Å². The zero-order valence-corrected chi connectivity index (χ0v) is 23.4. The van der Waals surface area contributed by atoms with Crippen LogP contribution in [0.5, 0.6) is 0 Å². The Labute approximate surface area is 237 Å². The van der Waals surface area contributed by atoms with Crippen LogP contribution in [0.2, 0.25) is 4.34 Å². The van der Waals surface area contributed by atoms with Crippen molar-refractivity contribution in [3.63, 3.8) is 0 Å². The number of anilines is 2. The summed E-state index contributed by atoms with van der Waals surface area (Å²) in [6, 6.07) is 11.5. The van der Waals surface area contributed by atoms with Gasteiger partial charge in [0.15, 0.2) is 0 Å². The van der Waals surface area contributed by atoms with Crippen molar-refractivity contribution in [3.8, 4) is 5.82 Å². The van der Waals surface area contributed by atoms with Gasteiger partial charge in [0.2, 0.25) is 0 Å². The molecular weight excluding hydrogens is 558 g/mol. The summed E-state index contributed by atoms with van der Waals surface area (Å²) in [6.45, 7) is 4.24. The highest BCUT2D eigenvalue weighted by Gasteiger charge is 2.13. The summed E-state index contributed by atoms with van der Waals surface area (Å²) in [5.41, 5.74) is 0.652. The molecule has 1 aliphatic heterocycles. The summed E-state index contributed by atoms with van der Waals surface area (Å²) >= 11 is 8.39. The molecule has 0 bridgehead atoms. The number of benzene rings is 1. The van der Waals surface area contributed by atoms with Crippen molar-refractivity contribution in [2.24, 2.45) is 0 Å². The number of piperidine rings is 1. The Hall–Kier alpha value is -3.32. The lowest BCUT2D eigenvalue weighted by Gasteiger charge is -2.26. The number of aromatic nitrogens is 3. The van der Waals surface area contributed by atoms with E-state index in [0.29, 0.717) is 20.9 Å². The predicted molar refractivity (Wildman–Crippen MR) is 159 cm³/mol. The highest BCUT2D eigenvalue weighted by atomic mass is 35.5. The van der Waals surface area contributed by atoms with E-state index in [-0.39, 0.29) is 5.82 Å². The Morgan fingerprint density at radius 3 is 2.64 bits per heavy atom. The van der Waals surface area contributed by atoms with Crippen LogP contribution < -0.4 is 26.6 Å². The Morgan fingerprint density at radius 1 is 1.08 bits per heavy atom. The molecule has 5 rings (SSSR count). The smallest absolute Gasteiger partial charge is 0.334 e. The minimum absolute atomic E-state index is 0.150. The van der Waals surface area contributed by atoms with E-state index < -0.39 is 17.3 Å². The number of thiophene rings is 1. The van der Waals surface area contributed by atoms with Crippen molar-refractivity contribution in [2.75, 3.05) is 36.8 Å². The van der Waals surface area contributed by atoms with E-state index in [1.807, 2.05) is 12.1 Å². The van der Waals surface area contributed by atoms with E-state index in [4.69, 9.17) is 11.6 Å². The van der Waals surface area contributed by atoms with Crippen molar-refractivity contribution < 1.29 is 4.79 Å². The van der Waals surface area contributed by atoms with Crippen LogP contribution in [0.4, 0.5) is 16.2 Å². The van der Waals surface area contributed by atoms with Crippen molar-refractivity contribution in [2.45, 2.75) is 29.9 Å². The van der Waals surface area contributed by atoms with Crippen LogP contribution in [0.1, 0.15) is 25.7 Å². The van der Waals surface area contributed by atoms with Gasteiger partial charge >= 0.3 is 11.7 Å². The van der Waals surface area contributed by atoms with Crippen molar-refractivity contribution >= 4 is 63.2 Å². The first kappa shape index (κ1) is 27.3. The molecule has 4 aromatic rings. The summed E-state index contributed by atoms with van der Waals surface area (Å²) in [6.07, 6.45) is 6.30. The first-order valence-electron chi connectivity index (χ1n) is 12.7. The third-order valence-electron chi connectivity index (χ3n) is 6.35. The lowest BCUT2D eigenvalue weighted by atomic mass is 10.1. The minimum atomic E-state index is -0.591. The topological polar surface area (TPSA) is 124 Å². The SMILES string of the molecule is O=C(NSc1ccc(Cl)s1)Nc1ccc(-n2c(=O)[nH]c3cc(NCCCN4CCCCC4)ccc3c2=O)nc1. The fourth-order valence-electron chi connectivity index (χ4n) is 4.45. The number of likely N-dealkylation sites (tertiary alicyclic amines) is 1. The predicted octanol–water partition coefficient (Wildman–Crippen LogP) is 4.91. The molecule has 2 amide bonds. The van der Waals surface area contributed by atoms with Crippen LogP contribution >= 0.6 is 34.9 Å². The summed E-state index contributed by atoms with van der Waals surface area (Å²) in [5.74, 6) is 0.150. The molecule has 0 aliphatic carbocycles. The molecule has 1 aromatic carbocycles. The monoisotopic (exact) mass is 585 g/mol. The van der Waals surface area contributed by atoms with Crippen LogP contribution in [0, 0.1) is 0 Å². The lowest BCUT2D eigenvalue weighted by molar-refractivity contribution is 0.228. The van der Waals surface area contributed by atoms with E-state index in [1.54, 1.807) is 24.3 Å². The summed E-state index contributed by atoms with van der Waals surface area (Å²) in [5, 5.41) is 6.42. The van der Waals surface area contributed by atoms with Gasteiger partial charge in [0.1, 0.15) is 5.82 Å². The number of aromatic amines is 1. The standard InChI is InChI=1S/C26H28ClN7O3S2/c27-21-8-10-23(38-21)39-32-25(36)30-18-6-9-22(29-16-18)34-24(35)19-7-5-17(15-20(19)31-26(34)37)28-11-4-14-33-12-2-1-3-13-33/h5-10,15-16,28H,1-4,11-14H2,(H,31,37)(H2,30,32,36). The zero-order chi connectivity index (χ0) is 27.2. The van der Waals surface area contributed by atoms with Crippen LogP contribution in [0.3, 0.4) is 0 Å². The highest BCUT2D eigenvalue weighted by Crippen LogP contribution is 2.28. The third kappa shape index (κ3) is 7.01. The molecular formula is C26H28ClN7O3S2. The molecule has 4 N–H and O–H groups in total. The first-order chi connectivity index (χ1) is 19.0. The molecule has 0 unspecified atom stereocenters. The van der Waals surface area contributed by atoms with Gasteiger partial charge in [-0.1, -0.05) is 18.0 Å². The maximum absolute atomic E-state index is 13.2. The van der Waals surface area contributed by atoms with Crippen LogP contribution in [-0.2, 0) is 0 Å². The largest absolute Gasteiger partial charge is 0.385 e. The van der Waals surface area contributed by atoms with Gasteiger partial charge in [-0.15, -0.1) is 11.3 Å². The van der Waals surface area contributed by atoms with Crippen LogP contribution in [-0.4, -0.2) is 51.6 Å². The van der Waals surface area contributed by atoms with E-state index in [9.17, 15) is 14.4 Å². The van der Waals surface area contributed by atoms with E-state index in [0.717, 1.165) is 45.9 Å². The normalized spacial score (nSPS) is 13.9. The molecule has 10 nitrogen and oxygen atoms in total. The average Bonchev–Trinajstić information content (AvgIpc) is 3.36. The van der Waals surface area contributed by atoms with Gasteiger partial charge < -0.3 is 20.5 Å². The molecule has 3 aromatic heterocycles. The number of hydrogen-bond donors (Lipinski definition) is 4. The Kier molecular flexibility index (Phi) is 8.87. The first-order valence-corrected chi connectivity index (χ1v) is 14.7. The Bertz CT molecular complexity index is 1560. The van der Waals surface area contributed by atoms with Gasteiger partial charge in [-0.05, 0) is 93.3 Å². The lowest BCUT2D eigenvalue weighted by Crippen LogP contribution is -2.34. The Morgan fingerprint density at radius 2 is 1.90 bits per heavy atom. The molecule has 39 heavy (non-hydrogen) atoms. The molecule has 0 radical (unpaired) electrons. The number of H-pyrrole nitrogens is 1. The summed E-state index contributed by atoms with van der Waals surface area (Å²) in [7, 11) is 0. The Balaban J connectivity index is 1.21. The molecule has 0 spiro atoms. The number of carbonyl (C=O) groups is 1. The number of pyridine rings is 1. The van der Waals surface area contributed by atoms with Crippen LogP contribution in [0.15, 0.2) is 62.5 Å². The van der Waals surface area contributed by atoms with E-state index >= 15 is 0 Å². The van der Waals surface area contributed by atoms with Crippen LogP contribution in [0.25, 0.3) is 16.7 Å². The highest BCUT2D eigenvalue weighted by molar-refractivity contribution is 7.99. The third-order valence-corrected chi connectivity index (χ3v) is 8.50. The van der Waals surface area contributed by atoms with Crippen molar-refractivity contribution in [1.29, 1.82) is 0 Å². The number of urea groups is 1. The maximum atomic E-state index is 13.2. The number of hydrogen-bond acceptors (Lipinski definition) is 8. The average molecular weight is 586 g/mol.